The number of rotatable bonds is 4. The monoisotopic (exact) mass is 460 g/mol. The topological polar surface area (TPSA) is 66.9 Å². The molecule has 1 aromatic heterocycles. The molecule has 1 saturated heterocycles. The van der Waals surface area contributed by atoms with Crippen LogP contribution in [0.2, 0.25) is 0 Å². The molecule has 0 bridgehead atoms. The van der Waals surface area contributed by atoms with Crippen LogP contribution in [0.5, 0.6) is 5.88 Å². The fourth-order valence-electron chi connectivity index (χ4n) is 4.57. The van der Waals surface area contributed by atoms with Gasteiger partial charge in [0.2, 0.25) is 5.88 Å². The predicted molar refractivity (Wildman–Crippen MR) is 114 cm³/mol. The minimum Gasteiger partial charge on any atom is -0.481 e. The van der Waals surface area contributed by atoms with Crippen molar-refractivity contribution in [2.45, 2.75) is 37.7 Å². The van der Waals surface area contributed by atoms with Crippen LogP contribution in [0.3, 0.4) is 0 Å². The Morgan fingerprint density at radius 2 is 2.12 bits per heavy atom. The summed E-state index contributed by atoms with van der Waals surface area (Å²) in [5, 5.41) is 1.72. The molecule has 0 spiro atoms. The Labute approximate surface area is 188 Å². The van der Waals surface area contributed by atoms with Crippen molar-refractivity contribution in [2.24, 2.45) is 0 Å². The number of nitrogens with one attached hydrogen (secondary N) is 1. The number of hydrazine groups is 1. The summed E-state index contributed by atoms with van der Waals surface area (Å²) < 4.78 is 51.5. The molecule has 1 amide bonds. The summed E-state index contributed by atoms with van der Waals surface area (Å²) >= 11 is 0. The maximum atomic E-state index is 13.5. The van der Waals surface area contributed by atoms with Gasteiger partial charge >= 0.3 is 6.18 Å². The van der Waals surface area contributed by atoms with Gasteiger partial charge in [-0.05, 0) is 48.6 Å². The summed E-state index contributed by atoms with van der Waals surface area (Å²) in [6.45, 7) is -0.770. The third kappa shape index (κ3) is 4.04. The van der Waals surface area contributed by atoms with E-state index in [9.17, 15) is 18.0 Å². The van der Waals surface area contributed by atoms with E-state index in [1.807, 2.05) is 0 Å². The smallest absolute Gasteiger partial charge is 0.406 e. The Morgan fingerprint density at radius 1 is 1.27 bits per heavy atom. The van der Waals surface area contributed by atoms with Crippen LogP contribution >= 0.6 is 0 Å². The van der Waals surface area contributed by atoms with Gasteiger partial charge in [0.05, 0.1) is 24.4 Å². The SMILES string of the molecule is COc1ncccc1-c1ccc2c(c1)N(CC(F)(F)F)C(=O)C1=CN(C3CCCCO3)NC12. The van der Waals surface area contributed by atoms with Crippen LogP contribution in [0, 0.1) is 0 Å². The van der Waals surface area contributed by atoms with Crippen molar-refractivity contribution in [3.63, 3.8) is 0 Å². The lowest BCUT2D eigenvalue weighted by molar-refractivity contribution is -0.130. The number of carbonyl (C=O) groups excluding carboxylic acids is 1. The molecule has 1 aromatic carbocycles. The number of alkyl halides is 3. The first-order valence-electron chi connectivity index (χ1n) is 10.8. The normalized spacial score (nSPS) is 22.7. The lowest BCUT2D eigenvalue weighted by Crippen LogP contribution is -2.46. The summed E-state index contributed by atoms with van der Waals surface area (Å²) in [7, 11) is 1.48. The zero-order valence-corrected chi connectivity index (χ0v) is 17.9. The van der Waals surface area contributed by atoms with Crippen molar-refractivity contribution in [3.05, 3.63) is 53.9 Å². The van der Waals surface area contributed by atoms with E-state index >= 15 is 0 Å². The number of amides is 1. The molecule has 2 atom stereocenters. The molecule has 2 unspecified atom stereocenters. The van der Waals surface area contributed by atoms with E-state index < -0.39 is 24.7 Å². The van der Waals surface area contributed by atoms with E-state index in [-0.39, 0.29) is 17.5 Å². The average molecular weight is 460 g/mol. The van der Waals surface area contributed by atoms with Crippen LogP contribution in [0.15, 0.2) is 48.3 Å². The lowest BCUT2D eigenvalue weighted by atomic mass is 9.90. The minimum atomic E-state index is -4.56. The number of hydrogen-bond donors (Lipinski definition) is 1. The van der Waals surface area contributed by atoms with Crippen LogP contribution in [-0.4, -0.2) is 48.6 Å². The number of methoxy groups -OCH3 is 1. The molecule has 1 N–H and O–H groups in total. The molecule has 2 aromatic rings. The zero-order valence-electron chi connectivity index (χ0n) is 17.9. The largest absolute Gasteiger partial charge is 0.481 e. The van der Waals surface area contributed by atoms with E-state index in [4.69, 9.17) is 9.47 Å². The van der Waals surface area contributed by atoms with Crippen molar-refractivity contribution in [3.8, 4) is 17.0 Å². The van der Waals surface area contributed by atoms with Crippen LogP contribution in [0.25, 0.3) is 11.1 Å². The predicted octanol–water partition coefficient (Wildman–Crippen LogP) is 3.94. The maximum absolute atomic E-state index is 13.5. The molecule has 10 heteroatoms. The van der Waals surface area contributed by atoms with Crippen LogP contribution < -0.4 is 15.1 Å². The van der Waals surface area contributed by atoms with Gasteiger partial charge in [-0.3, -0.25) is 14.7 Å². The minimum absolute atomic E-state index is 0.210. The molecule has 7 nitrogen and oxygen atoms in total. The molecule has 0 saturated carbocycles. The number of pyridine rings is 1. The van der Waals surface area contributed by atoms with Crippen molar-refractivity contribution >= 4 is 11.6 Å². The summed E-state index contributed by atoms with van der Waals surface area (Å²) in [5.74, 6) is -0.326. The molecule has 33 heavy (non-hydrogen) atoms. The lowest BCUT2D eigenvalue weighted by Gasteiger charge is -2.35. The molecule has 1 fully saturated rings. The van der Waals surface area contributed by atoms with Gasteiger partial charge in [0.25, 0.3) is 5.91 Å². The van der Waals surface area contributed by atoms with Crippen LogP contribution in [-0.2, 0) is 9.53 Å². The number of benzene rings is 1. The second-order valence-corrected chi connectivity index (χ2v) is 8.22. The first kappa shape index (κ1) is 21.7. The molecule has 174 valence electrons. The highest BCUT2D eigenvalue weighted by Crippen LogP contribution is 2.44. The number of anilines is 1. The van der Waals surface area contributed by atoms with Crippen molar-refractivity contribution in [1.82, 2.24) is 15.4 Å². The van der Waals surface area contributed by atoms with Gasteiger partial charge in [0.15, 0.2) is 0 Å². The van der Waals surface area contributed by atoms with Gasteiger partial charge in [0.1, 0.15) is 12.8 Å². The number of fused-ring (bicyclic) bond motifs is 3. The van der Waals surface area contributed by atoms with E-state index in [1.165, 1.54) is 7.11 Å². The number of nitrogens with zero attached hydrogens (tertiary/aromatic N) is 3. The second kappa shape index (κ2) is 8.35. The highest BCUT2D eigenvalue weighted by Gasteiger charge is 2.45. The molecule has 3 aliphatic rings. The standard InChI is InChI=1S/C23H23F3N4O3/c1-32-21-15(5-4-9-27-21)14-7-8-16-18(11-14)29(13-23(24,25)26)22(31)17-12-30(28-20(16)17)19-6-2-3-10-33-19/h4-5,7-9,11-12,19-20,28H,2-3,6,10,13H2,1H3. The van der Waals surface area contributed by atoms with Gasteiger partial charge in [-0.15, -0.1) is 0 Å². The van der Waals surface area contributed by atoms with Gasteiger partial charge in [-0.25, -0.2) is 10.4 Å². The quantitative estimate of drug-likeness (QED) is 0.746. The Hall–Kier alpha value is -3.11. The number of ether oxygens (including phenoxy) is 2. The van der Waals surface area contributed by atoms with E-state index in [0.29, 0.717) is 29.2 Å². The molecular weight excluding hydrogens is 437 g/mol. The molecule has 0 aliphatic carbocycles. The first-order chi connectivity index (χ1) is 15.9. The van der Waals surface area contributed by atoms with Crippen LogP contribution in [0.4, 0.5) is 18.9 Å². The summed E-state index contributed by atoms with van der Waals surface area (Å²) in [5.41, 5.74) is 5.57. The Morgan fingerprint density at radius 3 is 2.85 bits per heavy atom. The summed E-state index contributed by atoms with van der Waals surface area (Å²) in [6, 6.07) is 8.09. The van der Waals surface area contributed by atoms with Crippen molar-refractivity contribution < 1.29 is 27.4 Å². The van der Waals surface area contributed by atoms with Gasteiger partial charge in [-0.2, -0.15) is 13.2 Å². The maximum Gasteiger partial charge on any atom is 0.406 e. The Bertz CT molecular complexity index is 1100. The molecule has 3 aliphatic heterocycles. The molecule has 5 rings (SSSR count). The van der Waals surface area contributed by atoms with Crippen LogP contribution in [0.1, 0.15) is 30.9 Å². The van der Waals surface area contributed by atoms with E-state index in [0.717, 1.165) is 24.2 Å². The van der Waals surface area contributed by atoms with E-state index in [1.54, 1.807) is 47.7 Å². The Balaban J connectivity index is 1.57. The first-order valence-corrected chi connectivity index (χ1v) is 10.8. The Kier molecular flexibility index (Phi) is 5.49. The molecular formula is C23H23F3N4O3. The van der Waals surface area contributed by atoms with E-state index in [2.05, 4.69) is 10.4 Å². The highest BCUT2D eigenvalue weighted by atomic mass is 19.4. The fourth-order valence-corrected chi connectivity index (χ4v) is 4.57. The number of halogens is 3. The zero-order chi connectivity index (χ0) is 23.2. The number of hydrogen-bond acceptors (Lipinski definition) is 6. The fraction of sp³-hybridized carbons (Fsp3) is 0.391. The average Bonchev–Trinajstić information content (AvgIpc) is 3.27. The van der Waals surface area contributed by atoms with Gasteiger partial charge in [0, 0.05) is 24.6 Å². The van der Waals surface area contributed by atoms with Crippen molar-refractivity contribution in [2.75, 3.05) is 25.2 Å². The third-order valence-electron chi connectivity index (χ3n) is 6.07. The van der Waals surface area contributed by atoms with Crippen molar-refractivity contribution in [1.29, 1.82) is 0 Å². The molecule has 0 radical (unpaired) electrons. The second-order valence-electron chi connectivity index (χ2n) is 8.22. The molecule has 4 heterocycles. The summed E-state index contributed by atoms with van der Waals surface area (Å²) in [6.07, 6.45) is 1.07. The third-order valence-corrected chi connectivity index (χ3v) is 6.07. The highest BCUT2D eigenvalue weighted by molar-refractivity contribution is 6.10. The van der Waals surface area contributed by atoms with Gasteiger partial charge in [-0.1, -0.05) is 12.1 Å². The van der Waals surface area contributed by atoms with Gasteiger partial charge < -0.3 is 9.47 Å². The number of aromatic nitrogens is 1. The number of carbonyl (C=O) groups is 1. The summed E-state index contributed by atoms with van der Waals surface area (Å²) in [4.78, 5) is 18.2.